The maximum atomic E-state index is 5.76. The first-order valence-corrected chi connectivity index (χ1v) is 5.82. The molecule has 15 heavy (non-hydrogen) atoms. The van der Waals surface area contributed by atoms with Gasteiger partial charge in [0.05, 0.1) is 6.20 Å². The van der Waals surface area contributed by atoms with Crippen molar-refractivity contribution >= 4 is 0 Å². The molecule has 3 N–H and O–H groups in total. The third-order valence-corrected chi connectivity index (χ3v) is 2.76. The zero-order chi connectivity index (χ0) is 10.7. The van der Waals surface area contributed by atoms with E-state index in [0.29, 0.717) is 12.6 Å². The number of hydrogen-bond donors (Lipinski definition) is 2. The molecule has 84 valence electrons. The maximum absolute atomic E-state index is 5.76. The Morgan fingerprint density at radius 1 is 1.67 bits per heavy atom. The molecule has 1 heterocycles. The molecule has 2 rings (SSSR count). The molecule has 1 fully saturated rings. The quantitative estimate of drug-likeness (QED) is 0.734. The molecule has 0 aromatic carbocycles. The van der Waals surface area contributed by atoms with Gasteiger partial charge in [-0.15, -0.1) is 0 Å². The minimum atomic E-state index is 0.281. The second kappa shape index (κ2) is 4.77. The summed E-state index contributed by atoms with van der Waals surface area (Å²) in [5.74, 6) is 0. The van der Waals surface area contributed by atoms with E-state index in [2.05, 4.69) is 23.5 Å². The summed E-state index contributed by atoms with van der Waals surface area (Å²) >= 11 is 0. The molecule has 4 nitrogen and oxygen atoms in total. The van der Waals surface area contributed by atoms with Gasteiger partial charge in [0.1, 0.15) is 0 Å². The second-order valence-electron chi connectivity index (χ2n) is 4.27. The molecule has 1 aromatic heterocycles. The molecular weight excluding hydrogens is 188 g/mol. The Balaban J connectivity index is 1.97. The molecule has 1 saturated carbocycles. The van der Waals surface area contributed by atoms with Crippen LogP contribution in [-0.4, -0.2) is 22.4 Å². The lowest BCUT2D eigenvalue weighted by molar-refractivity contribution is 0.536. The lowest BCUT2D eigenvalue weighted by Gasteiger charge is -2.14. The van der Waals surface area contributed by atoms with Crippen LogP contribution in [0.4, 0.5) is 0 Å². The van der Waals surface area contributed by atoms with Gasteiger partial charge in [0.15, 0.2) is 0 Å². The van der Waals surface area contributed by atoms with E-state index in [1.165, 1.54) is 18.4 Å². The smallest absolute Gasteiger partial charge is 0.0538 e. The predicted octanol–water partition coefficient (Wildman–Crippen LogP) is 1.04. The fraction of sp³-hybridized carbons (Fsp3) is 0.727. The van der Waals surface area contributed by atoms with Crippen molar-refractivity contribution in [2.75, 3.05) is 6.54 Å². The summed E-state index contributed by atoms with van der Waals surface area (Å²) in [4.78, 5) is 0. The molecule has 1 atom stereocenters. The highest BCUT2D eigenvalue weighted by Gasteiger charge is 2.25. The Labute approximate surface area is 90.8 Å². The number of aromatic nitrogens is 2. The maximum Gasteiger partial charge on any atom is 0.0538 e. The third kappa shape index (κ3) is 2.79. The third-order valence-electron chi connectivity index (χ3n) is 2.76. The van der Waals surface area contributed by atoms with Crippen LogP contribution in [0.1, 0.15) is 37.8 Å². The van der Waals surface area contributed by atoms with Gasteiger partial charge in [-0.1, -0.05) is 6.92 Å². The molecule has 0 spiro atoms. The molecule has 1 aliphatic carbocycles. The van der Waals surface area contributed by atoms with Crippen molar-refractivity contribution < 1.29 is 0 Å². The standard InChI is InChI=1S/C11H20N4/c1-2-5-15-8-9(7-13-15)11(6-12)14-10-3-4-10/h7-8,10-11,14H,2-6,12H2,1H3. The number of rotatable bonds is 6. The lowest BCUT2D eigenvalue weighted by atomic mass is 10.1. The van der Waals surface area contributed by atoms with Crippen molar-refractivity contribution in [1.82, 2.24) is 15.1 Å². The van der Waals surface area contributed by atoms with E-state index < -0.39 is 0 Å². The molecule has 0 aliphatic heterocycles. The fourth-order valence-electron chi connectivity index (χ4n) is 1.75. The van der Waals surface area contributed by atoms with Crippen molar-refractivity contribution in [3.63, 3.8) is 0 Å². The topological polar surface area (TPSA) is 55.9 Å². The zero-order valence-electron chi connectivity index (χ0n) is 9.32. The Hall–Kier alpha value is -0.870. The van der Waals surface area contributed by atoms with Crippen LogP contribution in [0.3, 0.4) is 0 Å². The first-order valence-electron chi connectivity index (χ1n) is 5.82. The number of nitrogens with one attached hydrogen (secondary N) is 1. The first-order chi connectivity index (χ1) is 7.33. The summed E-state index contributed by atoms with van der Waals surface area (Å²) in [6.45, 7) is 3.79. The predicted molar refractivity (Wildman–Crippen MR) is 60.5 cm³/mol. The Morgan fingerprint density at radius 2 is 2.47 bits per heavy atom. The first kappa shape index (κ1) is 10.6. The molecular formula is C11H20N4. The van der Waals surface area contributed by atoms with Crippen molar-refractivity contribution in [3.8, 4) is 0 Å². The highest BCUT2D eigenvalue weighted by Crippen LogP contribution is 2.23. The summed E-state index contributed by atoms with van der Waals surface area (Å²) in [7, 11) is 0. The highest BCUT2D eigenvalue weighted by atomic mass is 15.3. The second-order valence-corrected chi connectivity index (χ2v) is 4.27. The summed E-state index contributed by atoms with van der Waals surface area (Å²) in [5, 5.41) is 7.86. The Bertz CT molecular complexity index is 303. The molecule has 1 unspecified atom stereocenters. The van der Waals surface area contributed by atoms with Crippen LogP contribution in [0.5, 0.6) is 0 Å². The van der Waals surface area contributed by atoms with Gasteiger partial charge in [0.25, 0.3) is 0 Å². The molecule has 0 amide bonds. The monoisotopic (exact) mass is 208 g/mol. The summed E-state index contributed by atoms with van der Waals surface area (Å²) in [6.07, 6.45) is 7.74. The summed E-state index contributed by atoms with van der Waals surface area (Å²) in [6, 6.07) is 0.969. The van der Waals surface area contributed by atoms with E-state index in [1.54, 1.807) is 0 Å². The molecule has 0 radical (unpaired) electrons. The highest BCUT2D eigenvalue weighted by molar-refractivity contribution is 5.12. The van der Waals surface area contributed by atoms with Gasteiger partial charge < -0.3 is 11.1 Å². The lowest BCUT2D eigenvalue weighted by Crippen LogP contribution is -2.29. The number of aryl methyl sites for hydroxylation is 1. The van der Waals surface area contributed by atoms with E-state index >= 15 is 0 Å². The van der Waals surface area contributed by atoms with Crippen molar-refractivity contribution in [1.29, 1.82) is 0 Å². The summed E-state index contributed by atoms with van der Waals surface area (Å²) in [5.41, 5.74) is 6.98. The van der Waals surface area contributed by atoms with E-state index in [0.717, 1.165) is 13.0 Å². The molecule has 1 aliphatic rings. The van der Waals surface area contributed by atoms with Gasteiger partial charge >= 0.3 is 0 Å². The van der Waals surface area contributed by atoms with Crippen molar-refractivity contribution in [2.45, 2.75) is 44.8 Å². The van der Waals surface area contributed by atoms with Gasteiger partial charge in [-0.3, -0.25) is 4.68 Å². The minimum absolute atomic E-state index is 0.281. The van der Waals surface area contributed by atoms with Gasteiger partial charge in [0.2, 0.25) is 0 Å². The van der Waals surface area contributed by atoms with Crippen LogP contribution in [0.25, 0.3) is 0 Å². The molecule has 4 heteroatoms. The normalized spacial score (nSPS) is 18.0. The van der Waals surface area contributed by atoms with Gasteiger partial charge in [-0.2, -0.15) is 5.10 Å². The molecule has 1 aromatic rings. The molecule has 0 saturated heterocycles. The summed E-state index contributed by atoms with van der Waals surface area (Å²) < 4.78 is 1.99. The average molecular weight is 208 g/mol. The van der Waals surface area contributed by atoms with E-state index in [1.807, 2.05) is 10.9 Å². The minimum Gasteiger partial charge on any atom is -0.329 e. The van der Waals surface area contributed by atoms with Crippen LogP contribution in [-0.2, 0) is 6.54 Å². The number of nitrogens with two attached hydrogens (primary N) is 1. The molecule has 0 bridgehead atoms. The van der Waals surface area contributed by atoms with Crippen molar-refractivity contribution in [3.05, 3.63) is 18.0 Å². The van der Waals surface area contributed by atoms with E-state index in [9.17, 15) is 0 Å². The van der Waals surface area contributed by atoms with E-state index in [4.69, 9.17) is 5.73 Å². The van der Waals surface area contributed by atoms with E-state index in [-0.39, 0.29) is 6.04 Å². The van der Waals surface area contributed by atoms with Gasteiger partial charge in [-0.05, 0) is 19.3 Å². The Morgan fingerprint density at radius 3 is 3.07 bits per heavy atom. The number of hydrogen-bond acceptors (Lipinski definition) is 3. The van der Waals surface area contributed by atoms with Gasteiger partial charge in [-0.25, -0.2) is 0 Å². The van der Waals surface area contributed by atoms with Crippen molar-refractivity contribution in [2.24, 2.45) is 5.73 Å². The van der Waals surface area contributed by atoms with Crippen LogP contribution >= 0.6 is 0 Å². The average Bonchev–Trinajstić information content (AvgIpc) is 2.95. The van der Waals surface area contributed by atoms with Crippen LogP contribution in [0.2, 0.25) is 0 Å². The Kier molecular flexibility index (Phi) is 3.38. The van der Waals surface area contributed by atoms with Gasteiger partial charge in [0, 0.05) is 36.9 Å². The zero-order valence-corrected chi connectivity index (χ0v) is 9.32. The fourth-order valence-corrected chi connectivity index (χ4v) is 1.75. The number of nitrogens with zero attached hydrogens (tertiary/aromatic N) is 2. The van der Waals surface area contributed by atoms with Crippen LogP contribution in [0, 0.1) is 0 Å². The SMILES string of the molecule is CCCn1cc(C(CN)NC2CC2)cn1. The van der Waals surface area contributed by atoms with Crippen LogP contribution < -0.4 is 11.1 Å². The largest absolute Gasteiger partial charge is 0.329 e. The van der Waals surface area contributed by atoms with Crippen LogP contribution in [0.15, 0.2) is 12.4 Å².